The van der Waals surface area contributed by atoms with Crippen LogP contribution in [0.4, 0.5) is 0 Å². The van der Waals surface area contributed by atoms with Crippen LogP contribution in [-0.4, -0.2) is 11.7 Å². The van der Waals surface area contributed by atoms with Crippen LogP contribution in [0, 0.1) is 18.3 Å². The number of halogens is 1. The Morgan fingerprint density at radius 3 is 2.79 bits per heavy atom. The van der Waals surface area contributed by atoms with Gasteiger partial charge in [-0.1, -0.05) is 41.4 Å². The summed E-state index contributed by atoms with van der Waals surface area (Å²) in [5.41, 5.74) is 8.07. The molecule has 1 aromatic rings. The van der Waals surface area contributed by atoms with Gasteiger partial charge in [-0.2, -0.15) is 0 Å². The highest BCUT2D eigenvalue weighted by Gasteiger charge is 2.43. The van der Waals surface area contributed by atoms with E-state index in [9.17, 15) is 5.11 Å². The Morgan fingerprint density at radius 1 is 1.53 bits per heavy atom. The van der Waals surface area contributed by atoms with Crippen LogP contribution in [0.2, 0.25) is 0 Å². The molecule has 3 atom stereocenters. The topological polar surface area (TPSA) is 46.2 Å². The Kier molecular flexibility index (Phi) is 4.70. The molecule has 0 aliphatic heterocycles. The molecular weight excluding hydrogens is 302 g/mol. The molecule has 3 heteroatoms. The molecule has 0 aromatic heterocycles. The molecule has 2 nitrogen and oxygen atoms in total. The summed E-state index contributed by atoms with van der Waals surface area (Å²) in [6.45, 7) is 4.85. The number of hydrogen-bond donors (Lipinski definition) is 2. The Bertz CT molecular complexity index is 448. The molecule has 0 bridgehead atoms. The molecule has 0 saturated heterocycles. The zero-order chi connectivity index (χ0) is 14.0. The van der Waals surface area contributed by atoms with Crippen molar-refractivity contribution in [2.75, 3.05) is 6.54 Å². The third-order valence-corrected chi connectivity index (χ3v) is 5.68. The van der Waals surface area contributed by atoms with Crippen molar-refractivity contribution in [3.63, 3.8) is 0 Å². The highest BCUT2D eigenvalue weighted by molar-refractivity contribution is 9.10. The molecule has 1 aromatic carbocycles. The van der Waals surface area contributed by atoms with Crippen molar-refractivity contribution >= 4 is 15.9 Å². The lowest BCUT2D eigenvalue weighted by atomic mass is 9.76. The summed E-state index contributed by atoms with van der Waals surface area (Å²) < 4.78 is 1.06. The molecule has 1 aliphatic carbocycles. The quantitative estimate of drug-likeness (QED) is 0.880. The molecule has 106 valence electrons. The van der Waals surface area contributed by atoms with E-state index in [4.69, 9.17) is 5.73 Å². The van der Waals surface area contributed by atoms with Crippen LogP contribution in [0.1, 0.15) is 49.8 Å². The predicted octanol–water partition coefficient (Wildman–Crippen LogP) is 3.95. The highest BCUT2D eigenvalue weighted by atomic mass is 79.9. The van der Waals surface area contributed by atoms with Crippen molar-refractivity contribution in [1.29, 1.82) is 0 Å². The predicted molar refractivity (Wildman–Crippen MR) is 83.0 cm³/mol. The SMILES string of the molecule is CCC1CCC(CN)(C(O)c2ccc(C)c(Br)c2)C1. The van der Waals surface area contributed by atoms with Crippen LogP contribution in [0.25, 0.3) is 0 Å². The van der Waals surface area contributed by atoms with E-state index in [0.29, 0.717) is 12.5 Å². The van der Waals surface area contributed by atoms with Gasteiger partial charge in [-0.05, 0) is 49.3 Å². The molecule has 19 heavy (non-hydrogen) atoms. The summed E-state index contributed by atoms with van der Waals surface area (Å²) in [6, 6.07) is 6.12. The molecule has 3 unspecified atom stereocenters. The lowest BCUT2D eigenvalue weighted by molar-refractivity contribution is 0.0301. The van der Waals surface area contributed by atoms with E-state index in [0.717, 1.165) is 22.9 Å². The lowest BCUT2D eigenvalue weighted by Crippen LogP contribution is -2.34. The van der Waals surface area contributed by atoms with Crippen LogP contribution >= 0.6 is 15.9 Å². The largest absolute Gasteiger partial charge is 0.388 e. The second kappa shape index (κ2) is 5.94. The van der Waals surface area contributed by atoms with Gasteiger partial charge in [-0.15, -0.1) is 0 Å². The van der Waals surface area contributed by atoms with E-state index in [1.54, 1.807) is 0 Å². The first kappa shape index (κ1) is 15.0. The smallest absolute Gasteiger partial charge is 0.0858 e. The average molecular weight is 326 g/mol. The number of aliphatic hydroxyl groups excluding tert-OH is 1. The van der Waals surface area contributed by atoms with E-state index in [1.807, 2.05) is 12.1 Å². The Balaban J connectivity index is 2.25. The Hall–Kier alpha value is -0.380. The van der Waals surface area contributed by atoms with Crippen molar-refractivity contribution in [1.82, 2.24) is 0 Å². The number of aryl methyl sites for hydroxylation is 1. The minimum Gasteiger partial charge on any atom is -0.388 e. The fourth-order valence-corrected chi connectivity index (χ4v) is 3.69. The van der Waals surface area contributed by atoms with E-state index in [1.165, 1.54) is 18.4 Å². The fraction of sp³-hybridized carbons (Fsp3) is 0.625. The van der Waals surface area contributed by atoms with Crippen molar-refractivity contribution in [3.8, 4) is 0 Å². The molecule has 0 spiro atoms. The van der Waals surface area contributed by atoms with Crippen molar-refractivity contribution in [2.45, 2.75) is 45.6 Å². The molecular formula is C16H24BrNO. The van der Waals surface area contributed by atoms with Gasteiger partial charge in [0.2, 0.25) is 0 Å². The number of aliphatic hydroxyl groups is 1. The van der Waals surface area contributed by atoms with E-state index >= 15 is 0 Å². The van der Waals surface area contributed by atoms with Gasteiger partial charge in [-0.25, -0.2) is 0 Å². The first-order valence-corrected chi connectivity index (χ1v) is 7.96. The first-order valence-electron chi connectivity index (χ1n) is 7.16. The van der Waals surface area contributed by atoms with Gasteiger partial charge >= 0.3 is 0 Å². The zero-order valence-electron chi connectivity index (χ0n) is 11.8. The maximum Gasteiger partial charge on any atom is 0.0858 e. The third-order valence-electron chi connectivity index (χ3n) is 4.82. The molecule has 0 radical (unpaired) electrons. The monoisotopic (exact) mass is 325 g/mol. The van der Waals surface area contributed by atoms with Crippen LogP contribution < -0.4 is 5.73 Å². The molecule has 3 N–H and O–H groups in total. The maximum atomic E-state index is 10.8. The summed E-state index contributed by atoms with van der Waals surface area (Å²) in [4.78, 5) is 0. The second-order valence-corrected chi connectivity index (χ2v) is 6.85. The maximum absolute atomic E-state index is 10.8. The summed E-state index contributed by atoms with van der Waals surface area (Å²) in [7, 11) is 0. The van der Waals surface area contributed by atoms with Crippen LogP contribution in [0.3, 0.4) is 0 Å². The van der Waals surface area contributed by atoms with Gasteiger partial charge < -0.3 is 10.8 Å². The Labute approximate surface area is 124 Å². The van der Waals surface area contributed by atoms with E-state index in [-0.39, 0.29) is 5.41 Å². The van der Waals surface area contributed by atoms with Gasteiger partial charge in [0.1, 0.15) is 0 Å². The molecule has 1 fully saturated rings. The highest BCUT2D eigenvalue weighted by Crippen LogP contribution is 2.50. The van der Waals surface area contributed by atoms with Gasteiger partial charge in [-0.3, -0.25) is 0 Å². The van der Waals surface area contributed by atoms with Gasteiger partial charge in [0.05, 0.1) is 6.10 Å². The molecule has 0 amide bonds. The third kappa shape index (κ3) is 2.88. The first-order chi connectivity index (χ1) is 9.02. The fourth-order valence-electron chi connectivity index (χ4n) is 3.30. The molecule has 0 heterocycles. The van der Waals surface area contributed by atoms with Crippen molar-refractivity contribution < 1.29 is 5.11 Å². The minimum atomic E-state index is -0.453. The van der Waals surface area contributed by atoms with Crippen molar-refractivity contribution in [2.24, 2.45) is 17.1 Å². The van der Waals surface area contributed by atoms with Gasteiger partial charge in [0.15, 0.2) is 0 Å². The number of hydrogen-bond acceptors (Lipinski definition) is 2. The lowest BCUT2D eigenvalue weighted by Gasteiger charge is -2.34. The van der Waals surface area contributed by atoms with Crippen LogP contribution in [-0.2, 0) is 0 Å². The number of nitrogens with two attached hydrogens (primary N) is 1. The van der Waals surface area contributed by atoms with Crippen LogP contribution in [0.15, 0.2) is 22.7 Å². The van der Waals surface area contributed by atoms with Gasteiger partial charge in [0.25, 0.3) is 0 Å². The van der Waals surface area contributed by atoms with Crippen LogP contribution in [0.5, 0.6) is 0 Å². The molecule has 2 rings (SSSR count). The average Bonchev–Trinajstić information content (AvgIpc) is 2.86. The number of benzene rings is 1. The second-order valence-electron chi connectivity index (χ2n) is 5.99. The number of rotatable bonds is 4. The molecule has 1 aliphatic rings. The standard InChI is InChI=1S/C16H24BrNO/c1-3-12-6-7-16(9-12,10-18)15(19)13-5-4-11(2)14(17)8-13/h4-5,8,12,15,19H,3,6-7,9-10,18H2,1-2H3. The van der Waals surface area contributed by atoms with E-state index < -0.39 is 6.10 Å². The molecule has 1 saturated carbocycles. The van der Waals surface area contributed by atoms with Crippen molar-refractivity contribution in [3.05, 3.63) is 33.8 Å². The minimum absolute atomic E-state index is 0.130. The zero-order valence-corrected chi connectivity index (χ0v) is 13.4. The van der Waals surface area contributed by atoms with E-state index in [2.05, 4.69) is 35.8 Å². The summed E-state index contributed by atoms with van der Waals surface area (Å²) in [6.07, 6.45) is 4.01. The summed E-state index contributed by atoms with van der Waals surface area (Å²) >= 11 is 3.55. The Morgan fingerprint density at radius 2 is 2.26 bits per heavy atom. The summed E-state index contributed by atoms with van der Waals surface area (Å²) in [5, 5.41) is 10.8. The summed E-state index contributed by atoms with van der Waals surface area (Å²) in [5.74, 6) is 0.715. The normalized spacial score (nSPS) is 28.6. The van der Waals surface area contributed by atoms with Gasteiger partial charge in [0, 0.05) is 16.4 Å².